The summed E-state index contributed by atoms with van der Waals surface area (Å²) in [5.41, 5.74) is 1.34. The maximum absolute atomic E-state index is 11.4. The molecule has 0 unspecified atom stereocenters. The molecular formula is C18H19N3O3. The monoisotopic (exact) mass is 325 g/mol. The predicted octanol–water partition coefficient (Wildman–Crippen LogP) is 4.16. The van der Waals surface area contributed by atoms with Gasteiger partial charge in [-0.3, -0.25) is 15.1 Å². The van der Waals surface area contributed by atoms with Crippen LogP contribution in [0.1, 0.15) is 24.1 Å². The minimum absolute atomic E-state index is 0.0319. The Morgan fingerprint density at radius 1 is 1.29 bits per heavy atom. The lowest BCUT2D eigenvalue weighted by molar-refractivity contribution is -0.385. The zero-order valence-electron chi connectivity index (χ0n) is 13.5. The van der Waals surface area contributed by atoms with E-state index >= 15 is 0 Å². The first-order chi connectivity index (χ1) is 11.6. The number of nitro groups is 1. The third-order valence-electron chi connectivity index (χ3n) is 3.99. The molecule has 3 rings (SSSR count). The van der Waals surface area contributed by atoms with E-state index in [2.05, 4.69) is 9.88 Å². The number of rotatable bonds is 5. The number of hydrogen-bond acceptors (Lipinski definition) is 5. The highest BCUT2D eigenvalue weighted by Gasteiger charge is 2.15. The Balaban J connectivity index is 1.84. The predicted molar refractivity (Wildman–Crippen MR) is 92.0 cm³/mol. The van der Waals surface area contributed by atoms with Crippen LogP contribution in [-0.4, -0.2) is 27.9 Å². The molecular weight excluding hydrogens is 306 g/mol. The maximum atomic E-state index is 11.4. The van der Waals surface area contributed by atoms with Crippen molar-refractivity contribution in [2.75, 3.05) is 13.1 Å². The normalized spacial score (nSPS) is 14.3. The Labute approximate surface area is 140 Å². The summed E-state index contributed by atoms with van der Waals surface area (Å²) in [6, 6.07) is 8.46. The second kappa shape index (κ2) is 7.12. The Bertz CT molecular complexity index is 768. The minimum atomic E-state index is -0.382. The van der Waals surface area contributed by atoms with Crippen molar-refractivity contribution in [1.82, 2.24) is 9.88 Å². The van der Waals surface area contributed by atoms with Gasteiger partial charge in [0.2, 0.25) is 0 Å². The van der Waals surface area contributed by atoms with Gasteiger partial charge < -0.3 is 9.64 Å². The average Bonchev–Trinajstić information content (AvgIpc) is 3.09. The Kier molecular flexibility index (Phi) is 4.74. The summed E-state index contributed by atoms with van der Waals surface area (Å²) in [6.07, 6.45) is 7.74. The van der Waals surface area contributed by atoms with Gasteiger partial charge in [-0.2, -0.15) is 0 Å². The van der Waals surface area contributed by atoms with Crippen molar-refractivity contribution in [3.8, 4) is 11.5 Å². The van der Waals surface area contributed by atoms with E-state index in [-0.39, 0.29) is 10.6 Å². The molecule has 1 aromatic heterocycles. The van der Waals surface area contributed by atoms with Crippen LogP contribution in [0.25, 0.3) is 6.08 Å². The molecule has 0 spiro atoms. The SMILES string of the molecule is Cc1ncccc1Oc1ccc(/C=C/N2CCCC2)c([N+](=O)[O-])c1. The zero-order valence-corrected chi connectivity index (χ0v) is 13.5. The number of nitro benzene ring substituents is 1. The maximum Gasteiger partial charge on any atom is 0.280 e. The average molecular weight is 325 g/mol. The molecule has 0 atom stereocenters. The molecule has 124 valence electrons. The lowest BCUT2D eigenvalue weighted by atomic mass is 10.1. The highest BCUT2D eigenvalue weighted by atomic mass is 16.6. The summed E-state index contributed by atoms with van der Waals surface area (Å²) >= 11 is 0. The van der Waals surface area contributed by atoms with Crippen LogP contribution in [0.4, 0.5) is 5.69 Å². The van der Waals surface area contributed by atoms with Gasteiger partial charge in [-0.05, 0) is 56.3 Å². The van der Waals surface area contributed by atoms with Crippen LogP contribution in [0, 0.1) is 17.0 Å². The highest BCUT2D eigenvalue weighted by Crippen LogP contribution is 2.30. The summed E-state index contributed by atoms with van der Waals surface area (Å²) in [5, 5.41) is 11.4. The summed E-state index contributed by atoms with van der Waals surface area (Å²) in [5.74, 6) is 1.02. The number of aromatic nitrogens is 1. The number of benzene rings is 1. The second-order valence-electron chi connectivity index (χ2n) is 5.73. The third-order valence-corrected chi connectivity index (χ3v) is 3.99. The van der Waals surface area contributed by atoms with Gasteiger partial charge in [-0.25, -0.2) is 0 Å². The Morgan fingerprint density at radius 2 is 2.08 bits per heavy atom. The topological polar surface area (TPSA) is 68.5 Å². The lowest BCUT2D eigenvalue weighted by Gasteiger charge is -2.11. The van der Waals surface area contributed by atoms with Gasteiger partial charge in [0.15, 0.2) is 0 Å². The summed E-state index contributed by atoms with van der Waals surface area (Å²) in [6.45, 7) is 3.84. The fraction of sp³-hybridized carbons (Fsp3) is 0.278. The molecule has 0 amide bonds. The Hall–Kier alpha value is -2.89. The van der Waals surface area contributed by atoms with Crippen molar-refractivity contribution in [3.05, 3.63) is 64.1 Å². The van der Waals surface area contributed by atoms with Crippen LogP contribution in [0.15, 0.2) is 42.7 Å². The van der Waals surface area contributed by atoms with Gasteiger partial charge in [-0.1, -0.05) is 0 Å². The number of ether oxygens (including phenoxy) is 1. The standard InChI is InChI=1S/C18H19N3O3/c1-14-18(5-4-9-19-14)24-16-7-6-15(17(13-16)21(22)23)8-12-20-10-2-3-11-20/h4-9,12-13H,2-3,10-11H2,1H3/b12-8+. The number of aryl methyl sites for hydroxylation is 1. The van der Waals surface area contributed by atoms with Gasteiger partial charge in [-0.15, -0.1) is 0 Å². The van der Waals surface area contributed by atoms with E-state index in [1.807, 2.05) is 13.1 Å². The fourth-order valence-corrected chi connectivity index (χ4v) is 2.67. The fourth-order valence-electron chi connectivity index (χ4n) is 2.67. The van der Waals surface area contributed by atoms with Gasteiger partial charge in [0.05, 0.1) is 22.2 Å². The molecule has 0 aliphatic carbocycles. The van der Waals surface area contributed by atoms with Crippen LogP contribution in [0.2, 0.25) is 0 Å². The van der Waals surface area contributed by atoms with Crippen LogP contribution >= 0.6 is 0 Å². The first kappa shape index (κ1) is 16.0. The highest BCUT2D eigenvalue weighted by molar-refractivity contribution is 5.63. The molecule has 2 aromatic rings. The molecule has 0 saturated carbocycles. The molecule has 2 heterocycles. The van der Waals surface area contributed by atoms with E-state index in [1.165, 1.54) is 18.9 Å². The quantitative estimate of drug-likeness (QED) is 0.610. The van der Waals surface area contributed by atoms with Crippen molar-refractivity contribution < 1.29 is 9.66 Å². The molecule has 0 N–H and O–H groups in total. The van der Waals surface area contributed by atoms with Crippen molar-refractivity contribution >= 4 is 11.8 Å². The van der Waals surface area contributed by atoms with Crippen LogP contribution in [-0.2, 0) is 0 Å². The number of nitrogens with zero attached hydrogens (tertiary/aromatic N) is 3. The number of hydrogen-bond donors (Lipinski definition) is 0. The molecule has 0 radical (unpaired) electrons. The zero-order chi connectivity index (χ0) is 16.9. The second-order valence-corrected chi connectivity index (χ2v) is 5.73. The first-order valence-electron chi connectivity index (χ1n) is 7.93. The van der Waals surface area contributed by atoms with Gasteiger partial charge in [0, 0.05) is 19.3 Å². The lowest BCUT2D eigenvalue weighted by Crippen LogP contribution is -2.10. The van der Waals surface area contributed by atoms with Crippen molar-refractivity contribution in [2.45, 2.75) is 19.8 Å². The molecule has 6 nitrogen and oxygen atoms in total. The van der Waals surface area contributed by atoms with E-state index in [0.29, 0.717) is 17.1 Å². The third kappa shape index (κ3) is 3.71. The first-order valence-corrected chi connectivity index (χ1v) is 7.93. The van der Waals surface area contributed by atoms with Gasteiger partial charge >= 0.3 is 0 Å². The number of likely N-dealkylation sites (tertiary alicyclic amines) is 1. The minimum Gasteiger partial charge on any atom is -0.455 e. The number of pyridine rings is 1. The summed E-state index contributed by atoms with van der Waals surface area (Å²) in [7, 11) is 0. The van der Waals surface area contributed by atoms with Gasteiger partial charge in [0.25, 0.3) is 5.69 Å². The van der Waals surface area contributed by atoms with Gasteiger partial charge in [0.1, 0.15) is 11.5 Å². The van der Waals surface area contributed by atoms with Crippen LogP contribution in [0.3, 0.4) is 0 Å². The van der Waals surface area contributed by atoms with E-state index < -0.39 is 0 Å². The summed E-state index contributed by atoms with van der Waals surface area (Å²) in [4.78, 5) is 17.3. The molecule has 0 bridgehead atoms. The van der Waals surface area contributed by atoms with Crippen molar-refractivity contribution in [1.29, 1.82) is 0 Å². The van der Waals surface area contributed by atoms with E-state index in [1.54, 1.807) is 36.5 Å². The molecule has 24 heavy (non-hydrogen) atoms. The largest absolute Gasteiger partial charge is 0.455 e. The van der Waals surface area contributed by atoms with E-state index in [9.17, 15) is 10.1 Å². The molecule has 1 fully saturated rings. The molecule has 1 saturated heterocycles. The molecule has 6 heteroatoms. The smallest absolute Gasteiger partial charge is 0.280 e. The Morgan fingerprint density at radius 3 is 2.79 bits per heavy atom. The molecule has 1 aromatic carbocycles. The molecule has 1 aliphatic heterocycles. The van der Waals surface area contributed by atoms with Crippen molar-refractivity contribution in [3.63, 3.8) is 0 Å². The van der Waals surface area contributed by atoms with Crippen molar-refractivity contribution in [2.24, 2.45) is 0 Å². The van der Waals surface area contributed by atoms with Crippen LogP contribution in [0.5, 0.6) is 11.5 Å². The summed E-state index contributed by atoms with van der Waals surface area (Å²) < 4.78 is 5.73. The van der Waals surface area contributed by atoms with E-state index in [0.717, 1.165) is 18.8 Å². The van der Waals surface area contributed by atoms with E-state index in [4.69, 9.17) is 4.74 Å². The van der Waals surface area contributed by atoms with Crippen LogP contribution < -0.4 is 4.74 Å². The molecule has 1 aliphatic rings.